The van der Waals surface area contributed by atoms with E-state index >= 15 is 0 Å². The standard InChI is InChI=1S/C17H20N4O2S/c22-17(15-3-4-18-12-19-15)21-9-13-8-20(5-6-23-16(13)11-21)10-14-2-1-7-24-14/h1-4,7,12-13,16H,5-6,8-11H2/t13-,16+/m0/s1. The fourth-order valence-corrected chi connectivity index (χ4v) is 4.22. The molecule has 0 spiro atoms. The van der Waals surface area contributed by atoms with Crippen molar-refractivity contribution in [3.63, 3.8) is 0 Å². The van der Waals surface area contributed by atoms with Crippen LogP contribution in [0.25, 0.3) is 0 Å². The number of amides is 1. The Labute approximate surface area is 145 Å². The normalized spacial score (nSPS) is 24.6. The van der Waals surface area contributed by atoms with Gasteiger partial charge in [-0.15, -0.1) is 11.3 Å². The third kappa shape index (κ3) is 3.33. The van der Waals surface area contributed by atoms with Crippen molar-refractivity contribution in [3.8, 4) is 0 Å². The monoisotopic (exact) mass is 344 g/mol. The number of ether oxygens (including phenoxy) is 1. The molecule has 6 nitrogen and oxygen atoms in total. The lowest BCUT2D eigenvalue weighted by molar-refractivity contribution is 0.0482. The SMILES string of the molecule is O=C(c1ccncn1)N1C[C@@H]2CN(Cc3cccs3)CCO[C@@H]2C1. The molecule has 2 fully saturated rings. The van der Waals surface area contributed by atoms with Gasteiger partial charge in [0.15, 0.2) is 0 Å². The van der Waals surface area contributed by atoms with Gasteiger partial charge in [0, 0.05) is 49.7 Å². The van der Waals surface area contributed by atoms with Crippen LogP contribution < -0.4 is 0 Å². The Morgan fingerprint density at radius 3 is 3.08 bits per heavy atom. The molecule has 0 aromatic carbocycles. The van der Waals surface area contributed by atoms with Gasteiger partial charge in [0.2, 0.25) is 0 Å². The van der Waals surface area contributed by atoms with Crippen LogP contribution in [0.15, 0.2) is 36.1 Å². The van der Waals surface area contributed by atoms with E-state index in [4.69, 9.17) is 4.74 Å². The van der Waals surface area contributed by atoms with Crippen molar-refractivity contribution in [2.45, 2.75) is 12.6 Å². The van der Waals surface area contributed by atoms with E-state index in [0.717, 1.165) is 32.8 Å². The molecule has 24 heavy (non-hydrogen) atoms. The number of nitrogens with zero attached hydrogens (tertiary/aromatic N) is 4. The second-order valence-corrected chi connectivity index (χ2v) is 7.32. The van der Waals surface area contributed by atoms with E-state index in [-0.39, 0.29) is 12.0 Å². The Hall–Kier alpha value is -1.83. The van der Waals surface area contributed by atoms with Crippen molar-refractivity contribution in [3.05, 3.63) is 46.7 Å². The van der Waals surface area contributed by atoms with E-state index in [9.17, 15) is 4.79 Å². The molecule has 2 aliphatic rings. The summed E-state index contributed by atoms with van der Waals surface area (Å²) in [5.41, 5.74) is 0.455. The minimum absolute atomic E-state index is 0.0288. The molecule has 0 aliphatic carbocycles. The van der Waals surface area contributed by atoms with Gasteiger partial charge in [-0.3, -0.25) is 9.69 Å². The van der Waals surface area contributed by atoms with E-state index in [1.165, 1.54) is 11.2 Å². The fourth-order valence-electron chi connectivity index (χ4n) is 3.47. The summed E-state index contributed by atoms with van der Waals surface area (Å²) in [6.07, 6.45) is 3.15. The van der Waals surface area contributed by atoms with E-state index in [1.807, 2.05) is 4.90 Å². The molecule has 2 aliphatic heterocycles. The van der Waals surface area contributed by atoms with E-state index in [1.54, 1.807) is 23.6 Å². The highest BCUT2D eigenvalue weighted by atomic mass is 32.1. The molecule has 7 heteroatoms. The van der Waals surface area contributed by atoms with Gasteiger partial charge in [-0.05, 0) is 17.5 Å². The maximum Gasteiger partial charge on any atom is 0.272 e. The van der Waals surface area contributed by atoms with Crippen LogP contribution >= 0.6 is 11.3 Å². The van der Waals surface area contributed by atoms with Gasteiger partial charge < -0.3 is 9.64 Å². The zero-order chi connectivity index (χ0) is 16.4. The lowest BCUT2D eigenvalue weighted by atomic mass is 10.1. The summed E-state index contributed by atoms with van der Waals surface area (Å²) in [5, 5.41) is 2.12. The molecule has 2 aromatic heterocycles. The van der Waals surface area contributed by atoms with Gasteiger partial charge in [-0.2, -0.15) is 0 Å². The number of hydrogen-bond donors (Lipinski definition) is 0. The molecular formula is C17H20N4O2S. The fraction of sp³-hybridized carbons (Fsp3) is 0.471. The van der Waals surface area contributed by atoms with Crippen molar-refractivity contribution >= 4 is 17.2 Å². The summed E-state index contributed by atoms with van der Waals surface area (Å²) in [6, 6.07) is 5.93. The molecule has 2 saturated heterocycles. The van der Waals surface area contributed by atoms with Gasteiger partial charge in [-0.1, -0.05) is 6.07 Å². The van der Waals surface area contributed by atoms with Crippen LogP contribution in [0.5, 0.6) is 0 Å². The van der Waals surface area contributed by atoms with Crippen LogP contribution in [0.3, 0.4) is 0 Å². The van der Waals surface area contributed by atoms with E-state index in [2.05, 4.69) is 32.4 Å². The van der Waals surface area contributed by atoms with Gasteiger partial charge in [-0.25, -0.2) is 9.97 Å². The molecule has 4 rings (SSSR count). The van der Waals surface area contributed by atoms with E-state index in [0.29, 0.717) is 18.2 Å². The summed E-state index contributed by atoms with van der Waals surface area (Å²) in [5.74, 6) is 0.331. The van der Waals surface area contributed by atoms with Crippen molar-refractivity contribution in [1.82, 2.24) is 19.8 Å². The Balaban J connectivity index is 1.41. The molecule has 2 atom stereocenters. The first-order chi connectivity index (χ1) is 11.8. The highest BCUT2D eigenvalue weighted by Crippen LogP contribution is 2.26. The minimum Gasteiger partial charge on any atom is -0.375 e. The first-order valence-electron chi connectivity index (χ1n) is 8.21. The number of rotatable bonds is 3. The van der Waals surface area contributed by atoms with Crippen molar-refractivity contribution in [2.24, 2.45) is 5.92 Å². The van der Waals surface area contributed by atoms with Crippen LogP contribution in [0.4, 0.5) is 0 Å². The molecule has 126 valence electrons. The number of fused-ring (bicyclic) bond motifs is 1. The maximum atomic E-state index is 12.6. The van der Waals surface area contributed by atoms with Crippen LogP contribution in [0.2, 0.25) is 0 Å². The molecule has 0 unspecified atom stereocenters. The van der Waals surface area contributed by atoms with Crippen LogP contribution in [-0.4, -0.2) is 64.6 Å². The number of likely N-dealkylation sites (tertiary alicyclic amines) is 1. The summed E-state index contributed by atoms with van der Waals surface area (Å²) in [6.45, 7) is 4.99. The Bertz CT molecular complexity index is 679. The smallest absolute Gasteiger partial charge is 0.272 e. The van der Waals surface area contributed by atoms with Gasteiger partial charge in [0.25, 0.3) is 5.91 Å². The summed E-state index contributed by atoms with van der Waals surface area (Å²) >= 11 is 1.79. The molecule has 0 bridgehead atoms. The Morgan fingerprint density at radius 1 is 1.33 bits per heavy atom. The minimum atomic E-state index is -0.0288. The predicted molar refractivity (Wildman–Crippen MR) is 90.8 cm³/mol. The highest BCUT2D eigenvalue weighted by molar-refractivity contribution is 7.09. The quantitative estimate of drug-likeness (QED) is 0.845. The maximum absolute atomic E-state index is 12.6. The molecule has 1 amide bonds. The van der Waals surface area contributed by atoms with Gasteiger partial charge >= 0.3 is 0 Å². The first kappa shape index (κ1) is 15.7. The van der Waals surface area contributed by atoms with Gasteiger partial charge in [0.1, 0.15) is 12.0 Å². The number of carbonyl (C=O) groups excluding carboxylic acids is 1. The molecule has 0 N–H and O–H groups in total. The highest BCUT2D eigenvalue weighted by Gasteiger charge is 2.38. The largest absolute Gasteiger partial charge is 0.375 e. The zero-order valence-electron chi connectivity index (χ0n) is 13.4. The average molecular weight is 344 g/mol. The van der Waals surface area contributed by atoms with Crippen molar-refractivity contribution in [2.75, 3.05) is 32.8 Å². The van der Waals surface area contributed by atoms with Crippen LogP contribution in [-0.2, 0) is 11.3 Å². The first-order valence-corrected chi connectivity index (χ1v) is 9.09. The van der Waals surface area contributed by atoms with Crippen molar-refractivity contribution < 1.29 is 9.53 Å². The molecule has 2 aromatic rings. The Morgan fingerprint density at radius 2 is 2.29 bits per heavy atom. The Kier molecular flexibility index (Phi) is 4.55. The lowest BCUT2D eigenvalue weighted by Gasteiger charge is -2.22. The number of aromatic nitrogens is 2. The van der Waals surface area contributed by atoms with Crippen LogP contribution in [0, 0.1) is 5.92 Å². The molecule has 0 radical (unpaired) electrons. The third-order valence-corrected chi connectivity index (χ3v) is 5.52. The zero-order valence-corrected chi connectivity index (χ0v) is 14.2. The lowest BCUT2D eigenvalue weighted by Crippen LogP contribution is -2.33. The number of carbonyl (C=O) groups is 1. The number of hydrogen-bond acceptors (Lipinski definition) is 6. The third-order valence-electron chi connectivity index (χ3n) is 4.66. The molecule has 0 saturated carbocycles. The molecule has 4 heterocycles. The van der Waals surface area contributed by atoms with Crippen LogP contribution in [0.1, 0.15) is 15.4 Å². The summed E-state index contributed by atoms with van der Waals surface area (Å²) < 4.78 is 6.03. The predicted octanol–water partition coefficient (Wildman–Crippen LogP) is 1.51. The topological polar surface area (TPSA) is 58.6 Å². The average Bonchev–Trinajstić information content (AvgIpc) is 3.22. The second kappa shape index (κ2) is 6.96. The van der Waals surface area contributed by atoms with Gasteiger partial charge in [0.05, 0.1) is 12.7 Å². The molecular weight excluding hydrogens is 324 g/mol. The van der Waals surface area contributed by atoms with Crippen molar-refractivity contribution in [1.29, 1.82) is 0 Å². The summed E-state index contributed by atoms with van der Waals surface area (Å²) in [4.78, 5) is 26.2. The second-order valence-electron chi connectivity index (χ2n) is 6.29. The van der Waals surface area contributed by atoms with E-state index < -0.39 is 0 Å². The summed E-state index contributed by atoms with van der Waals surface area (Å²) in [7, 11) is 0. The number of thiophene rings is 1.